The van der Waals surface area contributed by atoms with Crippen LogP contribution in [0.25, 0.3) is 0 Å². The van der Waals surface area contributed by atoms with Crippen molar-refractivity contribution in [1.29, 1.82) is 0 Å². The van der Waals surface area contributed by atoms with Crippen LogP contribution in [0.5, 0.6) is 5.75 Å². The molecule has 0 radical (unpaired) electrons. The summed E-state index contributed by atoms with van der Waals surface area (Å²) in [5.74, 6) is 0.916. The lowest BCUT2D eigenvalue weighted by Gasteiger charge is -2.29. The van der Waals surface area contributed by atoms with Gasteiger partial charge in [0.2, 0.25) is 0 Å². The Balaban J connectivity index is 1.69. The van der Waals surface area contributed by atoms with E-state index in [0.717, 1.165) is 51.6 Å². The monoisotopic (exact) mass is 431 g/mol. The molecule has 0 spiro atoms. The highest BCUT2D eigenvalue weighted by Gasteiger charge is 2.12. The molecule has 0 N–H and O–H groups in total. The lowest BCUT2D eigenvalue weighted by Crippen LogP contribution is -2.37. The first kappa shape index (κ1) is 24.0. The molecule has 0 fully saturated rings. The van der Waals surface area contributed by atoms with E-state index in [-0.39, 0.29) is 0 Å². The topological polar surface area (TPSA) is 19.0 Å². The van der Waals surface area contributed by atoms with Gasteiger partial charge in [0.15, 0.2) is 0 Å². The summed E-state index contributed by atoms with van der Waals surface area (Å²) >= 11 is 0. The number of methoxy groups -OCH3 is 1. The molecular weight excluding hydrogens is 394 g/mol. The molecule has 0 atom stereocenters. The predicted molar refractivity (Wildman–Crippen MR) is 134 cm³/mol. The third-order valence-corrected chi connectivity index (χ3v) is 5.63. The maximum absolute atomic E-state index is 5.44. The van der Waals surface area contributed by atoms with E-state index < -0.39 is 0 Å². The summed E-state index contributed by atoms with van der Waals surface area (Å²) in [5.41, 5.74) is 4.00. The van der Waals surface area contributed by atoms with Crippen LogP contribution in [-0.4, -0.2) is 62.1 Å². The molecule has 0 saturated heterocycles. The Morgan fingerprint density at radius 2 is 1.06 bits per heavy atom. The Morgan fingerprint density at radius 3 is 1.66 bits per heavy atom. The Kier molecular flexibility index (Phi) is 9.76. The summed E-state index contributed by atoms with van der Waals surface area (Å²) in [7, 11) is 6.02. The van der Waals surface area contributed by atoms with Crippen molar-refractivity contribution in [2.24, 2.45) is 0 Å². The minimum Gasteiger partial charge on any atom is -0.497 e. The first-order valence-corrected chi connectivity index (χ1v) is 11.4. The van der Waals surface area contributed by atoms with E-state index >= 15 is 0 Å². The van der Waals surface area contributed by atoms with E-state index in [0.29, 0.717) is 0 Å². The minimum atomic E-state index is 0.902. The van der Waals surface area contributed by atoms with Gasteiger partial charge in [-0.1, -0.05) is 72.8 Å². The van der Waals surface area contributed by atoms with E-state index in [4.69, 9.17) is 4.74 Å². The number of benzene rings is 3. The third kappa shape index (κ3) is 8.46. The van der Waals surface area contributed by atoms with Crippen molar-refractivity contribution in [1.82, 2.24) is 14.7 Å². The van der Waals surface area contributed by atoms with E-state index in [9.17, 15) is 0 Å². The van der Waals surface area contributed by atoms with Crippen molar-refractivity contribution < 1.29 is 4.74 Å². The molecule has 0 aliphatic rings. The van der Waals surface area contributed by atoms with Gasteiger partial charge in [0.25, 0.3) is 0 Å². The zero-order valence-corrected chi connectivity index (χ0v) is 19.8. The largest absolute Gasteiger partial charge is 0.497 e. The summed E-state index contributed by atoms with van der Waals surface area (Å²) in [6, 6.07) is 30.0. The second kappa shape index (κ2) is 13.0. The maximum Gasteiger partial charge on any atom is 0.119 e. The van der Waals surface area contributed by atoms with Gasteiger partial charge in [-0.05, 0) is 42.9 Å². The molecule has 0 aromatic heterocycles. The van der Waals surface area contributed by atoms with Gasteiger partial charge in [0.1, 0.15) is 5.75 Å². The molecular formula is C28H37N3O. The second-order valence-electron chi connectivity index (χ2n) is 8.61. The summed E-state index contributed by atoms with van der Waals surface area (Å²) < 4.78 is 5.44. The van der Waals surface area contributed by atoms with Gasteiger partial charge in [-0.15, -0.1) is 0 Å². The SMILES string of the molecule is COc1cccc(CN(CCN(CCN(C)C)Cc2ccccc2)Cc2ccccc2)c1. The van der Waals surface area contributed by atoms with E-state index in [1.807, 2.05) is 6.07 Å². The molecule has 0 bridgehead atoms. The fourth-order valence-corrected chi connectivity index (χ4v) is 3.82. The van der Waals surface area contributed by atoms with Gasteiger partial charge >= 0.3 is 0 Å². The Morgan fingerprint density at radius 1 is 0.562 bits per heavy atom. The lowest BCUT2D eigenvalue weighted by atomic mass is 10.1. The number of hydrogen-bond donors (Lipinski definition) is 0. The molecule has 0 unspecified atom stereocenters. The average molecular weight is 432 g/mol. The van der Waals surface area contributed by atoms with Crippen molar-refractivity contribution in [2.75, 3.05) is 47.4 Å². The van der Waals surface area contributed by atoms with E-state index in [1.165, 1.54) is 16.7 Å². The first-order valence-electron chi connectivity index (χ1n) is 11.4. The van der Waals surface area contributed by atoms with Gasteiger partial charge < -0.3 is 9.64 Å². The molecule has 4 heteroatoms. The zero-order chi connectivity index (χ0) is 22.6. The number of likely N-dealkylation sites (N-methyl/N-ethyl adjacent to an activating group) is 1. The Labute approximate surface area is 194 Å². The number of rotatable bonds is 13. The maximum atomic E-state index is 5.44. The summed E-state index contributed by atoms with van der Waals surface area (Å²) in [5, 5.41) is 0. The molecule has 3 rings (SSSR count). The van der Waals surface area contributed by atoms with Crippen LogP contribution in [0.3, 0.4) is 0 Å². The highest BCUT2D eigenvalue weighted by atomic mass is 16.5. The summed E-state index contributed by atoms with van der Waals surface area (Å²) in [6.45, 7) is 6.96. The highest BCUT2D eigenvalue weighted by molar-refractivity contribution is 5.28. The van der Waals surface area contributed by atoms with Crippen molar-refractivity contribution in [3.8, 4) is 5.75 Å². The number of hydrogen-bond acceptors (Lipinski definition) is 4. The molecule has 170 valence electrons. The molecule has 0 saturated carbocycles. The molecule has 4 nitrogen and oxygen atoms in total. The van der Waals surface area contributed by atoms with E-state index in [2.05, 4.69) is 108 Å². The molecule has 0 aliphatic heterocycles. The van der Waals surface area contributed by atoms with Gasteiger partial charge in [-0.25, -0.2) is 0 Å². The molecule has 0 aliphatic carbocycles. The van der Waals surface area contributed by atoms with Crippen molar-refractivity contribution in [3.63, 3.8) is 0 Å². The summed E-state index contributed by atoms with van der Waals surface area (Å²) in [6.07, 6.45) is 0. The number of nitrogens with zero attached hydrogens (tertiary/aromatic N) is 3. The van der Waals surface area contributed by atoms with Gasteiger partial charge in [0, 0.05) is 45.8 Å². The zero-order valence-electron chi connectivity index (χ0n) is 19.8. The second-order valence-corrected chi connectivity index (χ2v) is 8.61. The van der Waals surface area contributed by atoms with Crippen LogP contribution >= 0.6 is 0 Å². The van der Waals surface area contributed by atoms with Crippen LogP contribution in [-0.2, 0) is 19.6 Å². The van der Waals surface area contributed by atoms with Gasteiger partial charge in [-0.2, -0.15) is 0 Å². The lowest BCUT2D eigenvalue weighted by molar-refractivity contribution is 0.177. The quantitative estimate of drug-likeness (QED) is 0.388. The first-order chi connectivity index (χ1) is 15.6. The predicted octanol–water partition coefficient (Wildman–Crippen LogP) is 4.76. The highest BCUT2D eigenvalue weighted by Crippen LogP contribution is 2.16. The fraction of sp³-hybridized carbons (Fsp3) is 0.357. The van der Waals surface area contributed by atoms with Crippen LogP contribution in [0.15, 0.2) is 84.9 Å². The molecule has 0 amide bonds. The fourth-order valence-electron chi connectivity index (χ4n) is 3.82. The summed E-state index contributed by atoms with van der Waals surface area (Å²) in [4.78, 5) is 7.37. The molecule has 3 aromatic rings. The molecule has 3 aromatic carbocycles. The van der Waals surface area contributed by atoms with Crippen LogP contribution in [0.1, 0.15) is 16.7 Å². The Bertz CT molecular complexity index is 899. The van der Waals surface area contributed by atoms with Crippen LogP contribution in [0.2, 0.25) is 0 Å². The van der Waals surface area contributed by atoms with Crippen LogP contribution < -0.4 is 4.74 Å². The van der Waals surface area contributed by atoms with Crippen molar-refractivity contribution in [2.45, 2.75) is 19.6 Å². The molecule has 0 heterocycles. The Hall–Kier alpha value is -2.66. The smallest absolute Gasteiger partial charge is 0.119 e. The van der Waals surface area contributed by atoms with Gasteiger partial charge in [0.05, 0.1) is 7.11 Å². The van der Waals surface area contributed by atoms with Crippen molar-refractivity contribution in [3.05, 3.63) is 102 Å². The van der Waals surface area contributed by atoms with Crippen molar-refractivity contribution >= 4 is 0 Å². The molecule has 32 heavy (non-hydrogen) atoms. The minimum absolute atomic E-state index is 0.902. The standard InChI is InChI=1S/C28H37N3O/c1-29(2)17-18-30(22-25-11-6-4-7-12-25)19-20-31(23-26-13-8-5-9-14-26)24-27-15-10-16-28(21-27)32-3/h4-16,21H,17-20,22-24H2,1-3H3. The van der Waals surface area contributed by atoms with Crippen LogP contribution in [0, 0.1) is 0 Å². The van der Waals surface area contributed by atoms with E-state index in [1.54, 1.807) is 7.11 Å². The number of ether oxygens (including phenoxy) is 1. The van der Waals surface area contributed by atoms with Gasteiger partial charge in [-0.3, -0.25) is 9.80 Å². The normalized spacial score (nSPS) is 11.4. The average Bonchev–Trinajstić information content (AvgIpc) is 2.82. The van der Waals surface area contributed by atoms with Crippen LogP contribution in [0.4, 0.5) is 0 Å². The third-order valence-electron chi connectivity index (χ3n) is 5.63.